The third-order valence-corrected chi connectivity index (χ3v) is 3.29. The van der Waals surface area contributed by atoms with Crippen molar-refractivity contribution in [2.24, 2.45) is 7.05 Å². The first-order valence-corrected chi connectivity index (χ1v) is 6.68. The molecule has 0 amide bonds. The molecule has 1 heterocycles. The van der Waals surface area contributed by atoms with Crippen molar-refractivity contribution >= 4 is 11.6 Å². The second-order valence-corrected chi connectivity index (χ2v) is 5.00. The van der Waals surface area contributed by atoms with Gasteiger partial charge in [-0.05, 0) is 6.42 Å². The highest BCUT2D eigenvalue weighted by molar-refractivity contribution is 6.31. The van der Waals surface area contributed by atoms with E-state index in [0.29, 0.717) is 22.8 Å². The summed E-state index contributed by atoms with van der Waals surface area (Å²) >= 11 is 6.07. The van der Waals surface area contributed by atoms with E-state index in [4.69, 9.17) is 11.6 Å². The molecule has 0 aliphatic carbocycles. The van der Waals surface area contributed by atoms with Gasteiger partial charge in [-0.1, -0.05) is 18.5 Å². The lowest BCUT2D eigenvalue weighted by molar-refractivity contribution is -0.170. The number of halogens is 5. The Kier molecular flexibility index (Phi) is 6.42. The number of hydrogen-bond donors (Lipinski definition) is 1. The molecule has 0 spiro atoms. The number of aliphatic hydroxyl groups excluding tert-OH is 1. The molecule has 1 rings (SSSR count). The van der Waals surface area contributed by atoms with E-state index >= 15 is 0 Å². The van der Waals surface area contributed by atoms with Gasteiger partial charge < -0.3 is 9.84 Å². The van der Waals surface area contributed by atoms with Gasteiger partial charge in [0.05, 0.1) is 29.1 Å². The number of ether oxygens (including phenoxy) is 1. The standard InChI is InChI=1S/C12H17ClF4N2O2/c1-3-8-10(13)9(19(2)18-8)4-7(20)5-21-6-12(16,17)11(14)15/h7,11,20H,3-6H2,1-2H3. The third kappa shape index (κ3) is 4.82. The first-order chi connectivity index (χ1) is 9.69. The summed E-state index contributed by atoms with van der Waals surface area (Å²) < 4.78 is 55.0. The minimum atomic E-state index is -4.22. The zero-order valence-electron chi connectivity index (χ0n) is 11.6. The van der Waals surface area contributed by atoms with E-state index in [1.165, 1.54) is 4.68 Å². The van der Waals surface area contributed by atoms with Crippen molar-refractivity contribution in [1.82, 2.24) is 9.78 Å². The highest BCUT2D eigenvalue weighted by Crippen LogP contribution is 2.24. The lowest BCUT2D eigenvalue weighted by atomic mass is 10.2. The van der Waals surface area contributed by atoms with Crippen molar-refractivity contribution in [2.45, 2.75) is 38.2 Å². The molecule has 21 heavy (non-hydrogen) atoms. The summed E-state index contributed by atoms with van der Waals surface area (Å²) in [6, 6.07) is 0. The van der Waals surface area contributed by atoms with Crippen LogP contribution in [0, 0.1) is 0 Å². The molecular weight excluding hydrogens is 316 g/mol. The molecule has 0 aromatic carbocycles. The van der Waals surface area contributed by atoms with Crippen LogP contribution in [0.3, 0.4) is 0 Å². The number of aryl methyl sites for hydroxylation is 2. The van der Waals surface area contributed by atoms with E-state index in [9.17, 15) is 22.7 Å². The molecule has 0 aliphatic heterocycles. The van der Waals surface area contributed by atoms with Crippen LogP contribution >= 0.6 is 11.6 Å². The lowest BCUT2D eigenvalue weighted by Gasteiger charge is -2.17. The minimum absolute atomic E-state index is 0.0303. The fraction of sp³-hybridized carbons (Fsp3) is 0.750. The maximum atomic E-state index is 12.6. The summed E-state index contributed by atoms with van der Waals surface area (Å²) in [5.74, 6) is -4.22. The summed E-state index contributed by atoms with van der Waals surface area (Å²) in [5, 5.41) is 14.2. The van der Waals surface area contributed by atoms with Gasteiger partial charge in [0, 0.05) is 13.5 Å². The lowest BCUT2D eigenvalue weighted by Crippen LogP contribution is -2.34. The maximum Gasteiger partial charge on any atom is 0.330 e. The fourth-order valence-electron chi connectivity index (χ4n) is 1.72. The van der Waals surface area contributed by atoms with Crippen molar-refractivity contribution < 1.29 is 27.4 Å². The van der Waals surface area contributed by atoms with Crippen molar-refractivity contribution in [1.29, 1.82) is 0 Å². The van der Waals surface area contributed by atoms with E-state index in [1.807, 2.05) is 6.92 Å². The van der Waals surface area contributed by atoms with E-state index < -0.39 is 31.7 Å². The Hall–Kier alpha value is -0.860. The SMILES string of the molecule is CCc1nn(C)c(CC(O)COCC(F)(F)C(F)F)c1Cl. The molecule has 0 fully saturated rings. The van der Waals surface area contributed by atoms with Crippen molar-refractivity contribution in [3.8, 4) is 0 Å². The molecule has 122 valence electrons. The van der Waals surface area contributed by atoms with E-state index in [1.54, 1.807) is 7.05 Å². The van der Waals surface area contributed by atoms with Gasteiger partial charge in [-0.25, -0.2) is 8.78 Å². The molecule has 9 heteroatoms. The Morgan fingerprint density at radius 1 is 1.43 bits per heavy atom. The highest BCUT2D eigenvalue weighted by atomic mass is 35.5. The Labute approximate surface area is 124 Å². The normalized spacial score (nSPS) is 14.0. The summed E-state index contributed by atoms with van der Waals surface area (Å²) in [4.78, 5) is 0. The van der Waals surface area contributed by atoms with E-state index in [2.05, 4.69) is 9.84 Å². The molecule has 1 aromatic heterocycles. The van der Waals surface area contributed by atoms with Crippen LogP contribution in [0.25, 0.3) is 0 Å². The number of rotatable bonds is 8. The first kappa shape index (κ1) is 18.2. The molecule has 1 unspecified atom stereocenters. The van der Waals surface area contributed by atoms with Gasteiger partial charge in [0.2, 0.25) is 0 Å². The molecular formula is C12H17ClF4N2O2. The summed E-state index contributed by atoms with van der Waals surface area (Å²) in [5.41, 5.74) is 1.19. The monoisotopic (exact) mass is 332 g/mol. The number of nitrogens with zero attached hydrogens (tertiary/aromatic N) is 2. The molecule has 1 N–H and O–H groups in total. The maximum absolute atomic E-state index is 12.6. The van der Waals surface area contributed by atoms with Crippen molar-refractivity contribution in [3.05, 3.63) is 16.4 Å². The molecule has 4 nitrogen and oxygen atoms in total. The van der Waals surface area contributed by atoms with Crippen LogP contribution in [0.5, 0.6) is 0 Å². The van der Waals surface area contributed by atoms with Crippen LogP contribution in [0.1, 0.15) is 18.3 Å². The largest absolute Gasteiger partial charge is 0.390 e. The zero-order valence-corrected chi connectivity index (χ0v) is 12.4. The Bertz CT molecular complexity index is 468. The average molecular weight is 333 g/mol. The first-order valence-electron chi connectivity index (χ1n) is 6.31. The number of hydrogen-bond acceptors (Lipinski definition) is 3. The van der Waals surface area contributed by atoms with Gasteiger partial charge in [0.15, 0.2) is 0 Å². The predicted octanol–water partition coefficient (Wildman–Crippen LogP) is 2.46. The molecule has 1 atom stereocenters. The number of aliphatic hydroxyl groups is 1. The van der Waals surface area contributed by atoms with Crippen LogP contribution in [-0.4, -0.2) is 46.6 Å². The average Bonchev–Trinajstić information content (AvgIpc) is 2.65. The predicted molar refractivity (Wildman–Crippen MR) is 69.1 cm³/mol. The summed E-state index contributed by atoms with van der Waals surface area (Å²) in [6.07, 6.45) is -4.30. The molecule has 0 aliphatic rings. The molecule has 0 bridgehead atoms. The minimum Gasteiger partial charge on any atom is -0.390 e. The van der Waals surface area contributed by atoms with Crippen LogP contribution < -0.4 is 0 Å². The van der Waals surface area contributed by atoms with Gasteiger partial charge in [0.1, 0.15) is 6.61 Å². The summed E-state index contributed by atoms with van der Waals surface area (Å²) in [7, 11) is 1.64. The Balaban J connectivity index is 2.51. The molecule has 0 saturated heterocycles. The fourth-order valence-corrected chi connectivity index (χ4v) is 2.09. The zero-order chi connectivity index (χ0) is 16.2. The topological polar surface area (TPSA) is 47.3 Å². The molecule has 0 saturated carbocycles. The van der Waals surface area contributed by atoms with Crippen LogP contribution in [0.2, 0.25) is 5.02 Å². The number of aromatic nitrogens is 2. The molecule has 0 radical (unpaired) electrons. The van der Waals surface area contributed by atoms with Gasteiger partial charge in [-0.15, -0.1) is 0 Å². The Morgan fingerprint density at radius 3 is 2.52 bits per heavy atom. The smallest absolute Gasteiger partial charge is 0.330 e. The highest BCUT2D eigenvalue weighted by Gasteiger charge is 2.41. The van der Waals surface area contributed by atoms with Crippen LogP contribution in [0.15, 0.2) is 0 Å². The quantitative estimate of drug-likeness (QED) is 0.744. The van der Waals surface area contributed by atoms with Gasteiger partial charge in [0.25, 0.3) is 0 Å². The summed E-state index contributed by atoms with van der Waals surface area (Å²) in [6.45, 7) is -0.0731. The third-order valence-electron chi connectivity index (χ3n) is 2.86. The second kappa shape index (κ2) is 7.42. The van der Waals surface area contributed by atoms with Crippen molar-refractivity contribution in [3.63, 3.8) is 0 Å². The van der Waals surface area contributed by atoms with Gasteiger partial charge in [-0.3, -0.25) is 4.68 Å². The van der Waals surface area contributed by atoms with Gasteiger partial charge >= 0.3 is 12.3 Å². The molecule has 1 aromatic rings. The van der Waals surface area contributed by atoms with Crippen LogP contribution in [-0.2, 0) is 24.6 Å². The van der Waals surface area contributed by atoms with Gasteiger partial charge in [-0.2, -0.15) is 13.9 Å². The van der Waals surface area contributed by atoms with Crippen LogP contribution in [0.4, 0.5) is 17.6 Å². The number of alkyl halides is 4. The second-order valence-electron chi connectivity index (χ2n) is 4.62. The van der Waals surface area contributed by atoms with E-state index in [-0.39, 0.29) is 6.42 Å². The van der Waals surface area contributed by atoms with Crippen molar-refractivity contribution in [2.75, 3.05) is 13.2 Å². The van der Waals surface area contributed by atoms with E-state index in [0.717, 1.165) is 0 Å². The Morgan fingerprint density at radius 2 is 2.05 bits per heavy atom.